The van der Waals surface area contributed by atoms with Gasteiger partial charge in [0.1, 0.15) is 6.61 Å². The van der Waals surface area contributed by atoms with Crippen molar-refractivity contribution in [3.8, 4) is 23.3 Å². The number of fused-ring (bicyclic) bond motifs is 1. The summed E-state index contributed by atoms with van der Waals surface area (Å²) in [7, 11) is 1.60. The van der Waals surface area contributed by atoms with Gasteiger partial charge in [-0.1, -0.05) is 11.8 Å². The molecule has 2 rings (SSSR count). The molecule has 0 aromatic heterocycles. The maximum atomic E-state index is 5.72. The number of anilines is 1. The molecule has 78 valence electrons. The van der Waals surface area contributed by atoms with Crippen molar-refractivity contribution in [3.05, 3.63) is 17.7 Å². The van der Waals surface area contributed by atoms with Crippen molar-refractivity contribution < 1.29 is 14.2 Å². The van der Waals surface area contributed by atoms with Crippen molar-refractivity contribution >= 4 is 5.69 Å². The molecule has 1 aliphatic rings. The number of hydrogen-bond acceptors (Lipinski definition) is 4. The Balaban J connectivity index is 2.35. The fraction of sp³-hybridized carbons (Fsp3) is 0.273. The van der Waals surface area contributed by atoms with Crippen LogP contribution < -0.4 is 15.2 Å². The van der Waals surface area contributed by atoms with Gasteiger partial charge in [-0.2, -0.15) is 0 Å². The Morgan fingerprint density at radius 3 is 3.00 bits per heavy atom. The molecular formula is C11H11NO3. The molecule has 1 heterocycles. The van der Waals surface area contributed by atoms with E-state index in [1.165, 1.54) is 0 Å². The fourth-order valence-electron chi connectivity index (χ4n) is 1.32. The third-order valence-electron chi connectivity index (χ3n) is 1.99. The lowest BCUT2D eigenvalue weighted by molar-refractivity contribution is 0.174. The topological polar surface area (TPSA) is 53.7 Å². The summed E-state index contributed by atoms with van der Waals surface area (Å²) in [4.78, 5) is 0. The Bertz CT molecular complexity index is 431. The average Bonchev–Trinajstić information content (AvgIpc) is 2.71. The van der Waals surface area contributed by atoms with Gasteiger partial charge in [0.2, 0.25) is 6.79 Å². The first kappa shape index (κ1) is 9.69. The van der Waals surface area contributed by atoms with Crippen LogP contribution in [0.25, 0.3) is 0 Å². The van der Waals surface area contributed by atoms with Crippen LogP contribution in [0.15, 0.2) is 12.1 Å². The standard InChI is InChI=1S/C11H11NO3/c1-13-6-2-3-8-4-5-9(12)11-10(8)14-7-15-11/h4-5H,6-7,12H2,1H3. The van der Waals surface area contributed by atoms with Crippen LogP contribution in [0, 0.1) is 11.8 Å². The second kappa shape index (κ2) is 4.11. The minimum atomic E-state index is 0.197. The highest BCUT2D eigenvalue weighted by molar-refractivity contribution is 5.67. The normalized spacial score (nSPS) is 12.1. The highest BCUT2D eigenvalue weighted by Gasteiger charge is 2.19. The van der Waals surface area contributed by atoms with E-state index in [0.717, 1.165) is 5.56 Å². The average molecular weight is 205 g/mol. The Morgan fingerprint density at radius 1 is 1.40 bits per heavy atom. The minimum absolute atomic E-state index is 0.197. The summed E-state index contributed by atoms with van der Waals surface area (Å²) in [5.74, 6) is 7.00. The zero-order valence-corrected chi connectivity index (χ0v) is 8.37. The quantitative estimate of drug-likeness (QED) is 0.549. The van der Waals surface area contributed by atoms with Crippen LogP contribution in [-0.2, 0) is 4.74 Å². The third kappa shape index (κ3) is 1.83. The van der Waals surface area contributed by atoms with Crippen LogP contribution in [0.1, 0.15) is 5.56 Å². The van der Waals surface area contributed by atoms with Crippen molar-refractivity contribution in [2.45, 2.75) is 0 Å². The maximum Gasteiger partial charge on any atom is 0.231 e. The van der Waals surface area contributed by atoms with Crippen LogP contribution in [0.5, 0.6) is 11.5 Å². The summed E-state index contributed by atoms with van der Waals surface area (Å²) in [6, 6.07) is 3.57. The first-order chi connectivity index (χ1) is 7.33. The predicted octanol–water partition coefficient (Wildman–Crippen LogP) is 0.995. The maximum absolute atomic E-state index is 5.72. The first-order valence-corrected chi connectivity index (χ1v) is 4.49. The van der Waals surface area contributed by atoms with E-state index in [9.17, 15) is 0 Å². The van der Waals surface area contributed by atoms with Crippen LogP contribution in [0.4, 0.5) is 5.69 Å². The van der Waals surface area contributed by atoms with Gasteiger partial charge in [0.15, 0.2) is 11.5 Å². The van der Waals surface area contributed by atoms with Gasteiger partial charge in [-0.25, -0.2) is 0 Å². The number of methoxy groups -OCH3 is 1. The van der Waals surface area contributed by atoms with Gasteiger partial charge < -0.3 is 19.9 Å². The lowest BCUT2D eigenvalue weighted by Crippen LogP contribution is -1.94. The van der Waals surface area contributed by atoms with Crippen LogP contribution >= 0.6 is 0 Å². The smallest absolute Gasteiger partial charge is 0.231 e. The number of hydrogen-bond donors (Lipinski definition) is 1. The van der Waals surface area contributed by atoms with Gasteiger partial charge >= 0.3 is 0 Å². The number of rotatable bonds is 1. The summed E-state index contributed by atoms with van der Waals surface area (Å²) in [6.45, 7) is 0.586. The molecule has 0 atom stereocenters. The van der Waals surface area contributed by atoms with Crippen LogP contribution in [0.2, 0.25) is 0 Å². The largest absolute Gasteiger partial charge is 0.452 e. The van der Waals surface area contributed by atoms with E-state index in [0.29, 0.717) is 23.8 Å². The monoisotopic (exact) mass is 205 g/mol. The van der Waals surface area contributed by atoms with E-state index in [1.807, 2.05) is 6.07 Å². The number of nitrogen functional groups attached to an aromatic ring is 1. The highest BCUT2D eigenvalue weighted by Crippen LogP contribution is 2.39. The van der Waals surface area contributed by atoms with E-state index in [1.54, 1.807) is 13.2 Å². The molecule has 0 fully saturated rings. The Hall–Kier alpha value is -1.86. The van der Waals surface area contributed by atoms with E-state index in [4.69, 9.17) is 19.9 Å². The van der Waals surface area contributed by atoms with Gasteiger partial charge in [-0.15, -0.1) is 0 Å². The summed E-state index contributed by atoms with van der Waals surface area (Å²) < 4.78 is 15.4. The molecule has 1 aromatic carbocycles. The lowest BCUT2D eigenvalue weighted by atomic mass is 10.1. The highest BCUT2D eigenvalue weighted by atomic mass is 16.7. The molecule has 4 nitrogen and oxygen atoms in total. The van der Waals surface area contributed by atoms with Crippen molar-refractivity contribution in [2.75, 3.05) is 26.2 Å². The Kier molecular flexibility index (Phi) is 2.66. The molecule has 2 N–H and O–H groups in total. The molecule has 4 heteroatoms. The van der Waals surface area contributed by atoms with Crippen molar-refractivity contribution in [1.29, 1.82) is 0 Å². The van der Waals surface area contributed by atoms with Crippen molar-refractivity contribution in [2.24, 2.45) is 0 Å². The van der Waals surface area contributed by atoms with Gasteiger partial charge in [0, 0.05) is 7.11 Å². The molecule has 0 spiro atoms. The molecule has 0 bridgehead atoms. The zero-order valence-electron chi connectivity index (χ0n) is 8.37. The number of ether oxygens (including phenoxy) is 3. The van der Waals surface area contributed by atoms with Gasteiger partial charge in [-0.3, -0.25) is 0 Å². The molecular weight excluding hydrogens is 194 g/mol. The van der Waals surface area contributed by atoms with Crippen LogP contribution in [-0.4, -0.2) is 20.5 Å². The summed E-state index contributed by atoms with van der Waals surface area (Å²) in [6.07, 6.45) is 0. The number of nitrogens with two attached hydrogens (primary N) is 1. The second-order valence-electron chi connectivity index (χ2n) is 3.00. The molecule has 0 saturated carbocycles. The van der Waals surface area contributed by atoms with Crippen molar-refractivity contribution in [1.82, 2.24) is 0 Å². The molecule has 0 amide bonds. The van der Waals surface area contributed by atoms with E-state index >= 15 is 0 Å². The van der Waals surface area contributed by atoms with Crippen LogP contribution in [0.3, 0.4) is 0 Å². The predicted molar refractivity (Wildman–Crippen MR) is 55.7 cm³/mol. The molecule has 0 unspecified atom stereocenters. The van der Waals surface area contributed by atoms with Crippen molar-refractivity contribution in [3.63, 3.8) is 0 Å². The Labute approximate surface area is 87.9 Å². The molecule has 0 radical (unpaired) electrons. The van der Waals surface area contributed by atoms with E-state index in [2.05, 4.69) is 11.8 Å². The summed E-state index contributed by atoms with van der Waals surface area (Å²) >= 11 is 0. The molecule has 1 aliphatic heterocycles. The SMILES string of the molecule is COCC#Cc1ccc(N)c2c1OCO2. The molecule has 1 aromatic rings. The third-order valence-corrected chi connectivity index (χ3v) is 1.99. The van der Waals surface area contributed by atoms with E-state index < -0.39 is 0 Å². The van der Waals surface area contributed by atoms with Gasteiger partial charge in [0.05, 0.1) is 11.3 Å². The zero-order chi connectivity index (χ0) is 10.7. The first-order valence-electron chi connectivity index (χ1n) is 4.49. The molecule has 15 heavy (non-hydrogen) atoms. The van der Waals surface area contributed by atoms with Gasteiger partial charge in [0.25, 0.3) is 0 Å². The van der Waals surface area contributed by atoms with Gasteiger partial charge in [-0.05, 0) is 12.1 Å². The number of benzene rings is 1. The summed E-state index contributed by atoms with van der Waals surface area (Å²) in [5.41, 5.74) is 7.06. The second-order valence-corrected chi connectivity index (χ2v) is 3.00. The molecule has 0 saturated heterocycles. The lowest BCUT2D eigenvalue weighted by Gasteiger charge is -2.01. The fourth-order valence-corrected chi connectivity index (χ4v) is 1.32. The molecule has 0 aliphatic carbocycles. The summed E-state index contributed by atoms with van der Waals surface area (Å²) in [5, 5.41) is 0. The Morgan fingerprint density at radius 2 is 2.20 bits per heavy atom. The minimum Gasteiger partial charge on any atom is -0.452 e. The van der Waals surface area contributed by atoms with E-state index in [-0.39, 0.29) is 6.79 Å².